The van der Waals surface area contributed by atoms with Crippen molar-refractivity contribution in [2.45, 2.75) is 6.61 Å². The van der Waals surface area contributed by atoms with Crippen molar-refractivity contribution in [2.24, 2.45) is 0 Å². The Bertz CT molecular complexity index is 249. The molecule has 0 aromatic carbocycles. The van der Waals surface area contributed by atoms with E-state index in [1.807, 2.05) is 0 Å². The molecule has 0 fully saturated rings. The second-order valence-electron chi connectivity index (χ2n) is 2.13. The number of halogens is 1. The van der Waals surface area contributed by atoms with E-state index in [-0.39, 0.29) is 0 Å². The van der Waals surface area contributed by atoms with E-state index in [1.54, 1.807) is 12.3 Å². The molecule has 0 saturated heterocycles. The highest BCUT2D eigenvalue weighted by Crippen LogP contribution is 2.20. The Morgan fingerprint density at radius 3 is 3.00 bits per heavy atom. The first kappa shape index (κ1) is 9.64. The first-order valence-electron chi connectivity index (χ1n) is 3.33. The molecule has 3 nitrogen and oxygen atoms in total. The molecule has 0 bridgehead atoms. The highest BCUT2D eigenvalue weighted by atomic mass is 35.5. The molecule has 5 heteroatoms. The SMILES string of the molecule is Nc1nccc(Cl)c1COCS. The summed E-state index contributed by atoms with van der Waals surface area (Å²) >= 11 is 9.73. The number of nitrogen functional groups attached to an aromatic ring is 1. The maximum atomic E-state index is 5.84. The molecule has 1 aromatic rings. The fourth-order valence-corrected chi connectivity index (χ4v) is 1.07. The van der Waals surface area contributed by atoms with Crippen molar-refractivity contribution in [1.29, 1.82) is 0 Å². The first-order valence-corrected chi connectivity index (χ1v) is 4.34. The maximum Gasteiger partial charge on any atom is 0.130 e. The van der Waals surface area contributed by atoms with Crippen LogP contribution in [0.5, 0.6) is 0 Å². The van der Waals surface area contributed by atoms with Gasteiger partial charge in [-0.05, 0) is 6.07 Å². The molecule has 0 amide bonds. The zero-order valence-corrected chi connectivity index (χ0v) is 7.98. The second-order valence-corrected chi connectivity index (χ2v) is 2.80. The van der Waals surface area contributed by atoms with Gasteiger partial charge in [0.05, 0.1) is 17.6 Å². The number of nitrogens with zero attached hydrogens (tertiary/aromatic N) is 1. The van der Waals surface area contributed by atoms with Gasteiger partial charge in [-0.2, -0.15) is 12.6 Å². The van der Waals surface area contributed by atoms with Gasteiger partial charge >= 0.3 is 0 Å². The van der Waals surface area contributed by atoms with Crippen molar-refractivity contribution in [2.75, 3.05) is 11.7 Å². The van der Waals surface area contributed by atoms with Gasteiger partial charge in [-0.1, -0.05) is 11.6 Å². The molecule has 0 radical (unpaired) electrons. The van der Waals surface area contributed by atoms with Crippen LogP contribution in [0.1, 0.15) is 5.56 Å². The molecule has 12 heavy (non-hydrogen) atoms. The summed E-state index contributed by atoms with van der Waals surface area (Å²) in [5.41, 5.74) is 6.28. The number of ether oxygens (including phenoxy) is 1. The van der Waals surface area contributed by atoms with Gasteiger partial charge in [0.25, 0.3) is 0 Å². The molecule has 1 heterocycles. The highest BCUT2D eigenvalue weighted by Gasteiger charge is 2.04. The third-order valence-corrected chi connectivity index (χ3v) is 1.91. The fourth-order valence-electron chi connectivity index (χ4n) is 0.774. The monoisotopic (exact) mass is 204 g/mol. The van der Waals surface area contributed by atoms with E-state index in [9.17, 15) is 0 Å². The van der Waals surface area contributed by atoms with Crippen molar-refractivity contribution in [3.8, 4) is 0 Å². The van der Waals surface area contributed by atoms with Gasteiger partial charge in [-0.3, -0.25) is 0 Å². The number of rotatable bonds is 3. The number of nitrogens with two attached hydrogens (primary N) is 1. The number of anilines is 1. The van der Waals surface area contributed by atoms with Crippen LogP contribution in [0.25, 0.3) is 0 Å². The van der Waals surface area contributed by atoms with Crippen LogP contribution < -0.4 is 5.73 Å². The molecule has 2 N–H and O–H groups in total. The topological polar surface area (TPSA) is 48.1 Å². The Labute approximate surface area is 81.3 Å². The van der Waals surface area contributed by atoms with Crippen molar-refractivity contribution < 1.29 is 4.74 Å². The summed E-state index contributed by atoms with van der Waals surface area (Å²) in [5, 5.41) is 0.573. The third-order valence-electron chi connectivity index (χ3n) is 1.37. The standard InChI is InChI=1S/C7H9ClN2OS/c8-6-1-2-10-7(9)5(6)3-11-4-12/h1-2,12H,3-4H2,(H2,9,10). The van der Waals surface area contributed by atoms with Gasteiger partial charge < -0.3 is 10.5 Å². The van der Waals surface area contributed by atoms with Gasteiger partial charge in [0.1, 0.15) is 5.82 Å². The van der Waals surface area contributed by atoms with E-state index in [4.69, 9.17) is 22.1 Å². The summed E-state index contributed by atoms with van der Waals surface area (Å²) in [6.07, 6.45) is 1.56. The summed E-state index contributed by atoms with van der Waals surface area (Å²) < 4.78 is 5.04. The van der Waals surface area contributed by atoms with Crippen LogP contribution in [0.15, 0.2) is 12.3 Å². The normalized spacial score (nSPS) is 10.2. The van der Waals surface area contributed by atoms with Crippen molar-refractivity contribution in [3.05, 3.63) is 22.8 Å². The van der Waals surface area contributed by atoms with E-state index < -0.39 is 0 Å². The Kier molecular flexibility index (Phi) is 3.65. The van der Waals surface area contributed by atoms with E-state index >= 15 is 0 Å². The molecule has 66 valence electrons. The lowest BCUT2D eigenvalue weighted by molar-refractivity contribution is 0.170. The molecule has 1 rings (SSSR count). The van der Waals surface area contributed by atoms with Crippen LogP contribution in [0.4, 0.5) is 5.82 Å². The molecular formula is C7H9ClN2OS. The average molecular weight is 205 g/mol. The predicted octanol–water partition coefficient (Wildman–Crippen LogP) is 1.72. The summed E-state index contributed by atoms with van der Waals surface area (Å²) in [5.74, 6) is 0.745. The van der Waals surface area contributed by atoms with Crippen molar-refractivity contribution in [3.63, 3.8) is 0 Å². The zero-order valence-electron chi connectivity index (χ0n) is 6.33. The number of hydrogen-bond donors (Lipinski definition) is 2. The molecular weight excluding hydrogens is 196 g/mol. The van der Waals surface area contributed by atoms with E-state index in [1.165, 1.54) is 0 Å². The number of pyridine rings is 1. The number of aromatic nitrogens is 1. The Morgan fingerprint density at radius 1 is 1.67 bits per heavy atom. The lowest BCUT2D eigenvalue weighted by Gasteiger charge is -2.05. The predicted molar refractivity (Wildman–Crippen MR) is 52.3 cm³/mol. The van der Waals surface area contributed by atoms with Crippen molar-refractivity contribution >= 4 is 30.0 Å². The van der Waals surface area contributed by atoms with E-state index in [2.05, 4.69) is 17.6 Å². The molecule has 0 spiro atoms. The van der Waals surface area contributed by atoms with Crippen LogP contribution in [-0.2, 0) is 11.3 Å². The van der Waals surface area contributed by atoms with Gasteiger partial charge in [-0.15, -0.1) is 0 Å². The largest absolute Gasteiger partial charge is 0.383 e. The molecule has 0 saturated carbocycles. The van der Waals surface area contributed by atoms with Gasteiger partial charge in [0, 0.05) is 11.8 Å². The molecule has 0 unspecified atom stereocenters. The summed E-state index contributed by atoms with van der Waals surface area (Å²) in [6.45, 7) is 0.349. The minimum absolute atomic E-state index is 0.338. The molecule has 0 aliphatic carbocycles. The van der Waals surface area contributed by atoms with Crippen LogP contribution >= 0.6 is 24.2 Å². The van der Waals surface area contributed by atoms with Gasteiger partial charge in [0.15, 0.2) is 0 Å². The van der Waals surface area contributed by atoms with Crippen LogP contribution in [0, 0.1) is 0 Å². The quantitative estimate of drug-likeness (QED) is 0.582. The zero-order chi connectivity index (χ0) is 8.97. The lowest BCUT2D eigenvalue weighted by Crippen LogP contribution is -2.00. The first-order chi connectivity index (χ1) is 5.75. The second kappa shape index (κ2) is 4.54. The molecule has 1 aromatic heterocycles. The van der Waals surface area contributed by atoms with E-state index in [0.717, 1.165) is 0 Å². The highest BCUT2D eigenvalue weighted by molar-refractivity contribution is 7.80. The minimum atomic E-state index is 0.338. The Balaban J connectivity index is 2.81. The third kappa shape index (κ3) is 2.27. The Morgan fingerprint density at radius 2 is 2.42 bits per heavy atom. The number of thiol groups is 1. The lowest BCUT2D eigenvalue weighted by atomic mass is 10.3. The maximum absolute atomic E-state index is 5.84. The molecule has 0 aliphatic heterocycles. The fraction of sp³-hybridized carbons (Fsp3) is 0.286. The van der Waals surface area contributed by atoms with E-state index in [0.29, 0.717) is 28.9 Å². The molecule has 0 atom stereocenters. The van der Waals surface area contributed by atoms with Crippen molar-refractivity contribution in [1.82, 2.24) is 4.98 Å². The average Bonchev–Trinajstić information content (AvgIpc) is 2.04. The number of hydrogen-bond acceptors (Lipinski definition) is 4. The summed E-state index contributed by atoms with van der Waals surface area (Å²) in [7, 11) is 0. The minimum Gasteiger partial charge on any atom is -0.383 e. The summed E-state index contributed by atoms with van der Waals surface area (Å²) in [6, 6.07) is 1.68. The summed E-state index contributed by atoms with van der Waals surface area (Å²) in [4.78, 5) is 3.88. The van der Waals surface area contributed by atoms with Gasteiger partial charge in [-0.25, -0.2) is 4.98 Å². The van der Waals surface area contributed by atoms with Crippen LogP contribution in [0.2, 0.25) is 5.02 Å². The van der Waals surface area contributed by atoms with Gasteiger partial charge in [0.2, 0.25) is 0 Å². The Hall–Kier alpha value is -0.450. The smallest absolute Gasteiger partial charge is 0.130 e. The van der Waals surface area contributed by atoms with Crippen LogP contribution in [0.3, 0.4) is 0 Å². The molecule has 0 aliphatic rings. The van der Waals surface area contributed by atoms with Crippen LogP contribution in [-0.4, -0.2) is 10.9 Å².